The van der Waals surface area contributed by atoms with E-state index in [-0.39, 0.29) is 17.4 Å². The number of Topliss-reactive ketones (excluding diaryl/α,β-unsaturated/α-hetero) is 1. The van der Waals surface area contributed by atoms with Crippen LogP contribution in [-0.2, 0) is 16.0 Å². The van der Waals surface area contributed by atoms with Gasteiger partial charge in [-0.3, -0.25) is 14.5 Å². The Morgan fingerprint density at radius 3 is 2.60 bits per heavy atom. The summed E-state index contributed by atoms with van der Waals surface area (Å²) < 4.78 is 18.1. The maximum Gasteiger partial charge on any atom is 0.301 e. The van der Waals surface area contributed by atoms with E-state index in [1.807, 2.05) is 62.4 Å². The molecule has 0 unspecified atom stereocenters. The molecule has 1 fully saturated rings. The first-order valence-corrected chi connectivity index (χ1v) is 15.1. The third-order valence-corrected chi connectivity index (χ3v) is 8.46. The van der Waals surface area contributed by atoms with E-state index < -0.39 is 17.7 Å². The Bertz CT molecular complexity index is 1690. The Kier molecular flexibility index (Phi) is 7.60. The quantitative estimate of drug-likeness (QED) is 0.0997. The van der Waals surface area contributed by atoms with Crippen LogP contribution in [0.3, 0.4) is 0 Å². The van der Waals surface area contributed by atoms with Crippen LogP contribution in [0.5, 0.6) is 17.2 Å². The average molecular weight is 585 g/mol. The lowest BCUT2D eigenvalue weighted by Gasteiger charge is -2.23. The lowest BCUT2D eigenvalue weighted by atomic mass is 9.94. The molecular formula is C33H32N2O6S. The van der Waals surface area contributed by atoms with Gasteiger partial charge in [0.1, 0.15) is 29.1 Å². The van der Waals surface area contributed by atoms with Gasteiger partial charge in [0.25, 0.3) is 5.78 Å². The normalized spacial score (nSPS) is 19.3. The number of carbonyl (C=O) groups excluding carboxylic acids is 2. The predicted molar refractivity (Wildman–Crippen MR) is 163 cm³/mol. The number of amides is 1. The highest BCUT2D eigenvalue weighted by Gasteiger charge is 2.48. The molecule has 4 aromatic rings. The first-order chi connectivity index (χ1) is 20.4. The van der Waals surface area contributed by atoms with Gasteiger partial charge in [-0.15, -0.1) is 0 Å². The zero-order valence-corrected chi connectivity index (χ0v) is 24.6. The van der Waals surface area contributed by atoms with Crippen LogP contribution in [0.25, 0.3) is 16.0 Å². The predicted octanol–water partition coefficient (Wildman–Crippen LogP) is 6.82. The molecule has 0 saturated carbocycles. The van der Waals surface area contributed by atoms with Crippen LogP contribution in [0.4, 0.5) is 5.13 Å². The second kappa shape index (κ2) is 11.5. The fraction of sp³-hybridized carbons (Fsp3) is 0.303. The largest absolute Gasteiger partial charge is 0.507 e. The van der Waals surface area contributed by atoms with Gasteiger partial charge in [-0.05, 0) is 79.9 Å². The highest BCUT2D eigenvalue weighted by molar-refractivity contribution is 7.22. The summed E-state index contributed by atoms with van der Waals surface area (Å²) in [6.07, 6.45) is 2.69. The van der Waals surface area contributed by atoms with E-state index in [0.717, 1.165) is 28.9 Å². The van der Waals surface area contributed by atoms with Gasteiger partial charge >= 0.3 is 5.91 Å². The molecule has 0 spiro atoms. The van der Waals surface area contributed by atoms with E-state index in [0.29, 0.717) is 52.9 Å². The fourth-order valence-corrected chi connectivity index (χ4v) is 6.42. The third-order valence-electron chi connectivity index (χ3n) is 7.44. The number of hydrogen-bond donors (Lipinski definition) is 1. The van der Waals surface area contributed by atoms with Crippen LogP contribution < -0.4 is 19.1 Å². The standard InChI is InChI=1S/C33H32N2O6S/c1-4-6-15-40-23-10-7-20(8-11-23)29-28(30(36)21-9-14-26-22(17-21)16-19(3)41-26)31(37)32(38)35(29)33-34-25-13-12-24(39-5-2)18-27(25)42-33/h7-14,17-19,29,36H,4-6,15-16H2,1-3H3/b30-28+/t19-,29+/m0/s1. The second-order valence-corrected chi connectivity index (χ2v) is 11.5. The summed E-state index contributed by atoms with van der Waals surface area (Å²) in [6, 6.07) is 17.3. The van der Waals surface area contributed by atoms with Crippen molar-refractivity contribution < 1.29 is 28.9 Å². The number of benzene rings is 3. The average Bonchev–Trinajstić information content (AvgIpc) is 3.65. The maximum atomic E-state index is 13.7. The molecule has 9 heteroatoms. The maximum absolute atomic E-state index is 13.7. The van der Waals surface area contributed by atoms with Crippen LogP contribution in [0.15, 0.2) is 66.2 Å². The summed E-state index contributed by atoms with van der Waals surface area (Å²) in [5, 5.41) is 12.0. The highest BCUT2D eigenvalue weighted by Crippen LogP contribution is 2.45. The molecule has 1 aromatic heterocycles. The number of thiazole rings is 1. The van der Waals surface area contributed by atoms with Crippen molar-refractivity contribution in [2.24, 2.45) is 0 Å². The number of nitrogens with zero attached hydrogens (tertiary/aromatic N) is 2. The number of aliphatic hydroxyl groups excluding tert-OH is 1. The molecule has 0 aliphatic carbocycles. The summed E-state index contributed by atoms with van der Waals surface area (Å²) in [5.41, 5.74) is 2.76. The van der Waals surface area contributed by atoms with E-state index in [9.17, 15) is 14.7 Å². The van der Waals surface area contributed by atoms with Crippen molar-refractivity contribution in [1.29, 1.82) is 0 Å². The summed E-state index contributed by atoms with van der Waals surface area (Å²) in [6.45, 7) is 7.12. The Hall–Kier alpha value is -4.37. The fourth-order valence-electron chi connectivity index (χ4n) is 5.40. The van der Waals surface area contributed by atoms with Crippen molar-refractivity contribution in [2.75, 3.05) is 18.1 Å². The number of hydrogen-bond acceptors (Lipinski definition) is 8. The van der Waals surface area contributed by atoms with E-state index in [4.69, 9.17) is 19.2 Å². The summed E-state index contributed by atoms with van der Waals surface area (Å²) in [4.78, 5) is 33.5. The van der Waals surface area contributed by atoms with Gasteiger partial charge < -0.3 is 19.3 Å². The minimum atomic E-state index is -0.884. The summed E-state index contributed by atoms with van der Waals surface area (Å²) >= 11 is 1.30. The van der Waals surface area contributed by atoms with Gasteiger partial charge in [-0.25, -0.2) is 4.98 Å². The van der Waals surface area contributed by atoms with Crippen LogP contribution in [0, 0.1) is 0 Å². The minimum Gasteiger partial charge on any atom is -0.507 e. The van der Waals surface area contributed by atoms with Crippen molar-refractivity contribution in [3.63, 3.8) is 0 Å². The topological polar surface area (TPSA) is 98.2 Å². The molecule has 3 heterocycles. The van der Waals surface area contributed by atoms with Crippen LogP contribution in [0.2, 0.25) is 0 Å². The Balaban J connectivity index is 1.46. The number of ether oxygens (including phenoxy) is 3. The Labute approximate surface area is 248 Å². The molecular weight excluding hydrogens is 552 g/mol. The van der Waals surface area contributed by atoms with Crippen LogP contribution in [-0.4, -0.2) is 41.1 Å². The molecule has 2 aliphatic heterocycles. The number of aliphatic hydroxyl groups is 1. The summed E-state index contributed by atoms with van der Waals surface area (Å²) in [5.74, 6) is 0.418. The third kappa shape index (κ3) is 5.09. The lowest BCUT2D eigenvalue weighted by molar-refractivity contribution is -0.132. The van der Waals surface area contributed by atoms with Crippen molar-refractivity contribution in [2.45, 2.75) is 52.2 Å². The smallest absolute Gasteiger partial charge is 0.301 e. The lowest BCUT2D eigenvalue weighted by Crippen LogP contribution is -2.29. The van der Waals surface area contributed by atoms with Gasteiger partial charge in [-0.2, -0.15) is 0 Å². The first-order valence-electron chi connectivity index (χ1n) is 14.2. The molecule has 1 saturated heterocycles. The highest BCUT2D eigenvalue weighted by atomic mass is 32.1. The van der Waals surface area contributed by atoms with Gasteiger partial charge in [0.2, 0.25) is 0 Å². The van der Waals surface area contributed by atoms with E-state index in [1.165, 1.54) is 16.2 Å². The SMILES string of the molecule is CCCCOc1ccc([C@@H]2/C(=C(\O)c3ccc4c(c3)C[C@H](C)O4)C(=O)C(=O)N2c2nc3ccc(OCC)cc3s2)cc1. The van der Waals surface area contributed by atoms with Gasteiger partial charge in [0.05, 0.1) is 35.0 Å². The molecule has 0 radical (unpaired) electrons. The number of anilines is 1. The Morgan fingerprint density at radius 2 is 1.83 bits per heavy atom. The molecule has 8 nitrogen and oxygen atoms in total. The molecule has 3 aromatic carbocycles. The van der Waals surface area contributed by atoms with Crippen molar-refractivity contribution in [1.82, 2.24) is 4.98 Å². The van der Waals surface area contributed by atoms with Crippen molar-refractivity contribution in [3.05, 3.63) is 82.9 Å². The number of rotatable bonds is 9. The van der Waals surface area contributed by atoms with E-state index in [1.54, 1.807) is 12.1 Å². The molecule has 0 bridgehead atoms. The number of ketones is 1. The monoisotopic (exact) mass is 584 g/mol. The molecule has 216 valence electrons. The van der Waals surface area contributed by atoms with Gasteiger partial charge in [0.15, 0.2) is 5.13 Å². The molecule has 42 heavy (non-hydrogen) atoms. The van der Waals surface area contributed by atoms with Crippen LogP contribution in [0.1, 0.15) is 56.3 Å². The molecule has 2 atom stereocenters. The Morgan fingerprint density at radius 1 is 1.05 bits per heavy atom. The van der Waals surface area contributed by atoms with Gasteiger partial charge in [0, 0.05) is 12.0 Å². The van der Waals surface area contributed by atoms with Gasteiger partial charge in [-0.1, -0.05) is 36.8 Å². The molecule has 2 aliphatic rings. The first kappa shape index (κ1) is 27.8. The zero-order valence-electron chi connectivity index (χ0n) is 23.8. The zero-order chi connectivity index (χ0) is 29.4. The number of fused-ring (bicyclic) bond motifs is 2. The summed E-state index contributed by atoms with van der Waals surface area (Å²) in [7, 11) is 0. The molecule has 6 rings (SSSR count). The van der Waals surface area contributed by atoms with Crippen molar-refractivity contribution in [3.8, 4) is 17.2 Å². The molecule has 1 N–H and O–H groups in total. The number of aromatic nitrogens is 1. The van der Waals surface area contributed by atoms with Crippen molar-refractivity contribution >= 4 is 44.1 Å². The minimum absolute atomic E-state index is 0.0147. The molecule has 1 amide bonds. The van der Waals surface area contributed by atoms with E-state index in [2.05, 4.69) is 6.92 Å². The second-order valence-electron chi connectivity index (χ2n) is 10.5. The van der Waals surface area contributed by atoms with Crippen LogP contribution >= 0.6 is 11.3 Å². The number of unbranched alkanes of at least 4 members (excludes halogenated alkanes) is 1. The number of carbonyl (C=O) groups is 2. The van der Waals surface area contributed by atoms with E-state index >= 15 is 0 Å².